The lowest BCUT2D eigenvalue weighted by atomic mass is 10.3. The fraction of sp³-hybridized carbons (Fsp3) is 0.375. The molecule has 21 heavy (non-hydrogen) atoms. The Morgan fingerprint density at radius 3 is 1.57 bits per heavy atom. The summed E-state index contributed by atoms with van der Waals surface area (Å²) < 4.78 is 11.6. The van der Waals surface area contributed by atoms with Crippen molar-refractivity contribution in [2.24, 2.45) is 0 Å². The molecule has 0 saturated carbocycles. The summed E-state index contributed by atoms with van der Waals surface area (Å²) in [6, 6.07) is 10.0. The average Bonchev–Trinajstić information content (AvgIpc) is 2.47. The molecule has 2 N–H and O–H groups in total. The van der Waals surface area contributed by atoms with Gasteiger partial charge in [-0.25, -0.2) is 0 Å². The molecule has 1 rings (SSSR count). The van der Waals surface area contributed by atoms with E-state index >= 15 is 0 Å². The minimum absolute atomic E-state index is 1.01. The van der Waals surface area contributed by atoms with E-state index in [0.717, 1.165) is 16.6 Å². The molecule has 0 bridgehead atoms. The van der Waals surface area contributed by atoms with Crippen LogP contribution in [0, 0.1) is 0 Å². The maximum atomic E-state index is 5.81. The van der Waals surface area contributed by atoms with Crippen LogP contribution in [0.3, 0.4) is 0 Å². The maximum Gasteiger partial charge on any atom is 0.406 e. The molecule has 0 aliphatic heterocycles. The van der Waals surface area contributed by atoms with Gasteiger partial charge >= 0.3 is 9.28 Å². The van der Waals surface area contributed by atoms with Crippen LogP contribution in [0.1, 0.15) is 41.5 Å². The van der Waals surface area contributed by atoms with Crippen molar-refractivity contribution in [2.75, 3.05) is 0 Å². The van der Waals surface area contributed by atoms with Gasteiger partial charge in [-0.05, 0) is 46.7 Å². The van der Waals surface area contributed by atoms with Crippen molar-refractivity contribution in [3.63, 3.8) is 0 Å². The standard InChI is InChI=1S/C16H26N2O2Si/c1-12(2)14(5)17-19-21(16-10-8-7-9-11-16)20-18-15(6)13(3)4/h7-11,17-18,21H,1-6H3. The maximum absolute atomic E-state index is 5.81. The molecule has 0 aliphatic carbocycles. The summed E-state index contributed by atoms with van der Waals surface area (Å²) in [4.78, 5) is 0. The smallest absolute Gasteiger partial charge is 0.284 e. The molecule has 0 aliphatic rings. The molecule has 1 aromatic rings. The van der Waals surface area contributed by atoms with E-state index in [1.54, 1.807) is 0 Å². The molecule has 116 valence electrons. The summed E-state index contributed by atoms with van der Waals surface area (Å²) in [7, 11) is -2.08. The molecule has 0 saturated heterocycles. The fourth-order valence-corrected chi connectivity index (χ4v) is 2.68. The topological polar surface area (TPSA) is 42.5 Å². The first-order valence-corrected chi connectivity index (χ1v) is 8.60. The molecular weight excluding hydrogens is 280 g/mol. The van der Waals surface area contributed by atoms with Gasteiger partial charge in [0.15, 0.2) is 0 Å². The van der Waals surface area contributed by atoms with E-state index in [-0.39, 0.29) is 0 Å². The van der Waals surface area contributed by atoms with Crippen LogP contribution in [0.4, 0.5) is 0 Å². The highest BCUT2D eigenvalue weighted by Gasteiger charge is 2.18. The van der Waals surface area contributed by atoms with Gasteiger partial charge in [0.2, 0.25) is 0 Å². The number of benzene rings is 1. The lowest BCUT2D eigenvalue weighted by Crippen LogP contribution is -2.44. The van der Waals surface area contributed by atoms with Crippen molar-refractivity contribution in [2.45, 2.75) is 41.5 Å². The zero-order valence-electron chi connectivity index (χ0n) is 13.8. The predicted molar refractivity (Wildman–Crippen MR) is 89.8 cm³/mol. The third kappa shape index (κ3) is 6.16. The lowest BCUT2D eigenvalue weighted by molar-refractivity contribution is 0.121. The van der Waals surface area contributed by atoms with Crippen LogP contribution in [0.25, 0.3) is 0 Å². The second-order valence-electron chi connectivity index (χ2n) is 5.43. The van der Waals surface area contributed by atoms with Crippen LogP contribution in [0.2, 0.25) is 0 Å². The van der Waals surface area contributed by atoms with Crippen LogP contribution in [0.5, 0.6) is 0 Å². The molecule has 0 amide bonds. The first kappa shape index (κ1) is 17.5. The molecular formula is C16H26N2O2Si. The Bertz CT molecular complexity index is 476. The summed E-state index contributed by atoms with van der Waals surface area (Å²) in [5.41, 5.74) is 10.4. The Kier molecular flexibility index (Phi) is 7.21. The van der Waals surface area contributed by atoms with E-state index < -0.39 is 9.28 Å². The summed E-state index contributed by atoms with van der Waals surface area (Å²) in [6.45, 7) is 12.1. The van der Waals surface area contributed by atoms with E-state index in [1.807, 2.05) is 71.9 Å². The normalized spacial score (nSPS) is 10.2. The van der Waals surface area contributed by atoms with E-state index in [1.165, 1.54) is 11.1 Å². The van der Waals surface area contributed by atoms with Gasteiger partial charge in [-0.15, -0.1) is 0 Å². The summed E-state index contributed by atoms with van der Waals surface area (Å²) in [5.74, 6) is 0. The van der Waals surface area contributed by atoms with E-state index in [9.17, 15) is 0 Å². The van der Waals surface area contributed by atoms with Gasteiger partial charge < -0.3 is 0 Å². The molecule has 0 aromatic heterocycles. The average molecular weight is 306 g/mol. The second kappa shape index (κ2) is 8.66. The highest BCUT2D eigenvalue weighted by atomic mass is 28.3. The number of hydrogen-bond acceptors (Lipinski definition) is 4. The van der Waals surface area contributed by atoms with Crippen molar-refractivity contribution in [3.8, 4) is 0 Å². The van der Waals surface area contributed by atoms with Crippen LogP contribution in [0.15, 0.2) is 52.9 Å². The third-order valence-electron chi connectivity index (χ3n) is 3.21. The first-order valence-electron chi connectivity index (χ1n) is 7.08. The van der Waals surface area contributed by atoms with Crippen LogP contribution in [-0.4, -0.2) is 9.28 Å². The predicted octanol–water partition coefficient (Wildman–Crippen LogP) is 2.78. The first-order chi connectivity index (χ1) is 9.91. The van der Waals surface area contributed by atoms with Gasteiger partial charge in [-0.1, -0.05) is 41.5 Å². The van der Waals surface area contributed by atoms with Crippen molar-refractivity contribution in [1.29, 1.82) is 0 Å². The van der Waals surface area contributed by atoms with Gasteiger partial charge in [-0.2, -0.15) is 0 Å². The molecule has 0 fully saturated rings. The Hall–Kier alpha value is -1.56. The molecule has 4 nitrogen and oxygen atoms in total. The number of hydroxylamine groups is 2. The van der Waals surface area contributed by atoms with Gasteiger partial charge in [0.25, 0.3) is 0 Å². The number of nitrogens with one attached hydrogen (secondary N) is 2. The lowest BCUT2D eigenvalue weighted by Gasteiger charge is -2.19. The summed E-state index contributed by atoms with van der Waals surface area (Å²) >= 11 is 0. The van der Waals surface area contributed by atoms with Crippen molar-refractivity contribution < 1.29 is 9.05 Å². The molecule has 0 spiro atoms. The SMILES string of the molecule is CC(C)=C(C)NO[SiH](ONC(C)=C(C)C)c1ccccc1. The fourth-order valence-electron chi connectivity index (χ4n) is 1.26. The molecule has 0 heterocycles. The van der Waals surface area contributed by atoms with Gasteiger partial charge in [-0.3, -0.25) is 20.0 Å². The Morgan fingerprint density at radius 2 is 1.19 bits per heavy atom. The summed E-state index contributed by atoms with van der Waals surface area (Å²) in [6.07, 6.45) is 0. The van der Waals surface area contributed by atoms with Gasteiger partial charge in [0.05, 0.1) is 0 Å². The van der Waals surface area contributed by atoms with E-state index in [2.05, 4.69) is 11.0 Å². The highest BCUT2D eigenvalue weighted by Crippen LogP contribution is 2.01. The molecule has 0 atom stereocenters. The number of rotatable bonds is 7. The second-order valence-corrected chi connectivity index (χ2v) is 7.23. The van der Waals surface area contributed by atoms with E-state index in [4.69, 9.17) is 9.05 Å². The molecule has 1 aromatic carbocycles. The van der Waals surface area contributed by atoms with Crippen LogP contribution >= 0.6 is 0 Å². The van der Waals surface area contributed by atoms with E-state index in [0.29, 0.717) is 0 Å². The Labute approximate surface area is 129 Å². The zero-order valence-corrected chi connectivity index (χ0v) is 14.9. The third-order valence-corrected chi connectivity index (χ3v) is 4.80. The number of hydrogen-bond donors (Lipinski definition) is 2. The van der Waals surface area contributed by atoms with Crippen molar-refractivity contribution >= 4 is 14.5 Å². The highest BCUT2D eigenvalue weighted by molar-refractivity contribution is 6.61. The molecule has 0 radical (unpaired) electrons. The minimum Gasteiger partial charge on any atom is -0.284 e. The molecule has 5 heteroatoms. The number of allylic oxidation sites excluding steroid dienone is 4. The van der Waals surface area contributed by atoms with Crippen LogP contribution in [-0.2, 0) is 9.05 Å². The molecule has 0 unspecified atom stereocenters. The minimum atomic E-state index is -2.08. The Balaban J connectivity index is 2.76. The quantitative estimate of drug-likeness (QED) is 0.600. The van der Waals surface area contributed by atoms with Crippen molar-refractivity contribution in [1.82, 2.24) is 11.0 Å². The van der Waals surface area contributed by atoms with Gasteiger partial charge in [0.1, 0.15) is 0 Å². The zero-order chi connectivity index (χ0) is 15.8. The Morgan fingerprint density at radius 1 is 0.762 bits per heavy atom. The summed E-state index contributed by atoms with van der Waals surface area (Å²) in [5, 5.41) is 1.07. The van der Waals surface area contributed by atoms with Crippen LogP contribution < -0.4 is 16.1 Å². The van der Waals surface area contributed by atoms with Gasteiger partial charge in [0, 0.05) is 11.4 Å². The monoisotopic (exact) mass is 306 g/mol. The van der Waals surface area contributed by atoms with Crippen molar-refractivity contribution in [3.05, 3.63) is 52.9 Å². The largest absolute Gasteiger partial charge is 0.406 e.